The lowest BCUT2D eigenvalue weighted by molar-refractivity contribution is -0.133. The summed E-state index contributed by atoms with van der Waals surface area (Å²) in [7, 11) is 0.528. The molecule has 240 valence electrons. The minimum Gasteiger partial charge on any atom is -0.450 e. The van der Waals surface area contributed by atoms with Gasteiger partial charge in [0.05, 0.1) is 18.1 Å². The Kier molecular flexibility index (Phi) is 10.1. The van der Waals surface area contributed by atoms with E-state index in [-0.39, 0.29) is 36.7 Å². The van der Waals surface area contributed by atoms with Crippen molar-refractivity contribution in [2.75, 3.05) is 6.61 Å². The van der Waals surface area contributed by atoms with E-state index in [4.69, 9.17) is 14.2 Å². The van der Waals surface area contributed by atoms with E-state index in [0.29, 0.717) is 35.4 Å². The predicted molar refractivity (Wildman–Crippen MR) is 172 cm³/mol. The standard InChI is InChI=1S/C34H36F2N4O5Si/c1-39-21-37-19-24(39)10-11-29(41)26-20-40(22-43-14-15-46(2,3)4)34-32(26)30(12-13-38-34)45-33-27(35)16-23(17-28(33)36)18-31(42)44-25-8-6-5-7-9-25/h5-9,12-13,16-17,19-21H,10-11,14-15,18,22H2,1-4H3. The number of pyridine rings is 1. The highest BCUT2D eigenvalue weighted by atomic mass is 28.3. The third kappa shape index (κ3) is 8.12. The number of para-hydroxylation sites is 1. The number of benzene rings is 2. The number of rotatable bonds is 14. The van der Waals surface area contributed by atoms with Crippen molar-refractivity contribution < 1.29 is 32.6 Å². The minimum atomic E-state index is -1.33. The molecule has 0 bridgehead atoms. The van der Waals surface area contributed by atoms with Crippen molar-refractivity contribution in [3.8, 4) is 17.2 Å². The second-order valence-electron chi connectivity index (χ2n) is 12.2. The summed E-state index contributed by atoms with van der Waals surface area (Å²) in [4.78, 5) is 34.6. The first-order chi connectivity index (χ1) is 22.0. The maximum atomic E-state index is 15.3. The monoisotopic (exact) mass is 646 g/mol. The number of esters is 1. The van der Waals surface area contributed by atoms with Crippen LogP contribution in [0.15, 0.2) is 73.4 Å². The molecule has 0 unspecified atom stereocenters. The predicted octanol–water partition coefficient (Wildman–Crippen LogP) is 7.12. The van der Waals surface area contributed by atoms with Crippen LogP contribution in [0.2, 0.25) is 25.7 Å². The number of fused-ring (bicyclic) bond motifs is 1. The van der Waals surface area contributed by atoms with Crippen LogP contribution in [0, 0.1) is 11.6 Å². The van der Waals surface area contributed by atoms with Crippen molar-refractivity contribution in [3.63, 3.8) is 0 Å². The van der Waals surface area contributed by atoms with E-state index >= 15 is 8.78 Å². The number of carbonyl (C=O) groups excluding carboxylic acids is 2. The zero-order valence-corrected chi connectivity index (χ0v) is 27.3. The summed E-state index contributed by atoms with van der Waals surface area (Å²) in [6.45, 7) is 7.46. The Morgan fingerprint density at radius 3 is 2.43 bits per heavy atom. The lowest BCUT2D eigenvalue weighted by Crippen LogP contribution is -2.22. The van der Waals surface area contributed by atoms with Gasteiger partial charge in [0.25, 0.3) is 0 Å². The third-order valence-corrected chi connectivity index (χ3v) is 9.07. The number of imidazole rings is 1. The van der Waals surface area contributed by atoms with E-state index in [1.54, 1.807) is 53.6 Å². The maximum Gasteiger partial charge on any atom is 0.315 e. The van der Waals surface area contributed by atoms with Gasteiger partial charge in [-0.25, -0.2) is 18.7 Å². The fraction of sp³-hybridized carbons (Fsp3) is 0.294. The van der Waals surface area contributed by atoms with Crippen molar-refractivity contribution in [1.82, 2.24) is 19.1 Å². The molecular formula is C34H36F2N4O5Si. The van der Waals surface area contributed by atoms with Gasteiger partial charge in [-0.05, 0) is 48.4 Å². The Labute approximate surface area is 266 Å². The highest BCUT2D eigenvalue weighted by molar-refractivity contribution is 6.76. The van der Waals surface area contributed by atoms with Crippen LogP contribution in [0.3, 0.4) is 0 Å². The van der Waals surface area contributed by atoms with Gasteiger partial charge in [0.15, 0.2) is 23.2 Å². The zero-order chi connectivity index (χ0) is 32.8. The number of hydrogen-bond donors (Lipinski definition) is 0. The van der Waals surface area contributed by atoms with Crippen molar-refractivity contribution in [2.24, 2.45) is 7.05 Å². The molecule has 0 aliphatic heterocycles. The molecule has 3 heterocycles. The van der Waals surface area contributed by atoms with Crippen LogP contribution in [-0.4, -0.2) is 45.5 Å². The molecule has 12 heteroatoms. The van der Waals surface area contributed by atoms with Crippen LogP contribution < -0.4 is 9.47 Å². The molecule has 5 rings (SSSR count). The summed E-state index contributed by atoms with van der Waals surface area (Å²) < 4.78 is 51.2. The molecule has 9 nitrogen and oxygen atoms in total. The van der Waals surface area contributed by atoms with Gasteiger partial charge in [-0.15, -0.1) is 0 Å². The van der Waals surface area contributed by atoms with Gasteiger partial charge in [0.2, 0.25) is 0 Å². The number of nitrogens with zero attached hydrogens (tertiary/aromatic N) is 4. The van der Waals surface area contributed by atoms with Gasteiger partial charge in [0.1, 0.15) is 23.9 Å². The fourth-order valence-electron chi connectivity index (χ4n) is 4.87. The van der Waals surface area contributed by atoms with E-state index < -0.39 is 31.4 Å². The molecule has 5 aromatic rings. The SMILES string of the molecule is Cn1cncc1CCC(=O)c1cn(COCC[Si](C)(C)C)c2nccc(Oc3c(F)cc(CC(=O)Oc4ccccc4)cc3F)c12. The third-order valence-electron chi connectivity index (χ3n) is 7.36. The average molecular weight is 647 g/mol. The number of ether oxygens (including phenoxy) is 3. The molecule has 0 atom stereocenters. The normalized spacial score (nSPS) is 11.6. The Balaban J connectivity index is 1.41. The van der Waals surface area contributed by atoms with E-state index in [2.05, 4.69) is 29.6 Å². The number of Topliss-reactive ketones (excluding diaryl/α,β-unsaturated/α-hetero) is 1. The van der Waals surface area contributed by atoms with E-state index in [1.165, 1.54) is 12.3 Å². The molecule has 0 amide bonds. The molecular weight excluding hydrogens is 610 g/mol. The van der Waals surface area contributed by atoms with Crippen LogP contribution in [0.25, 0.3) is 11.0 Å². The lowest BCUT2D eigenvalue weighted by atomic mass is 10.1. The van der Waals surface area contributed by atoms with Crippen molar-refractivity contribution in [1.29, 1.82) is 0 Å². The molecule has 0 spiro atoms. The molecule has 0 saturated heterocycles. The van der Waals surface area contributed by atoms with Crippen molar-refractivity contribution >= 4 is 30.9 Å². The van der Waals surface area contributed by atoms with Gasteiger partial charge < -0.3 is 23.3 Å². The van der Waals surface area contributed by atoms with Crippen LogP contribution in [0.4, 0.5) is 8.78 Å². The summed E-state index contributed by atoms with van der Waals surface area (Å²) in [5, 5.41) is 0.320. The largest absolute Gasteiger partial charge is 0.450 e. The number of halogens is 2. The average Bonchev–Trinajstić information content (AvgIpc) is 3.59. The molecule has 0 fully saturated rings. The van der Waals surface area contributed by atoms with E-state index in [9.17, 15) is 9.59 Å². The Morgan fingerprint density at radius 1 is 1.02 bits per heavy atom. The van der Waals surface area contributed by atoms with Gasteiger partial charge in [-0.2, -0.15) is 0 Å². The molecule has 0 radical (unpaired) electrons. The van der Waals surface area contributed by atoms with Gasteiger partial charge in [-0.1, -0.05) is 37.8 Å². The number of carbonyl (C=O) groups is 2. The Hall–Kier alpha value is -4.68. The Morgan fingerprint density at radius 2 is 1.76 bits per heavy atom. The minimum absolute atomic E-state index is 0.0590. The maximum absolute atomic E-state index is 15.3. The number of aryl methyl sites for hydroxylation is 2. The number of hydrogen-bond acceptors (Lipinski definition) is 7. The topological polar surface area (TPSA) is 97.5 Å². The summed E-state index contributed by atoms with van der Waals surface area (Å²) >= 11 is 0. The highest BCUT2D eigenvalue weighted by Gasteiger charge is 2.23. The van der Waals surface area contributed by atoms with E-state index in [1.807, 2.05) is 11.6 Å². The number of aromatic nitrogens is 4. The first-order valence-corrected chi connectivity index (χ1v) is 18.6. The van der Waals surface area contributed by atoms with Crippen molar-refractivity contribution in [2.45, 2.75) is 51.7 Å². The van der Waals surface area contributed by atoms with Crippen LogP contribution >= 0.6 is 0 Å². The van der Waals surface area contributed by atoms with Gasteiger partial charge >= 0.3 is 5.97 Å². The highest BCUT2D eigenvalue weighted by Crippen LogP contribution is 2.36. The number of ketones is 1. The molecule has 3 aromatic heterocycles. The molecule has 46 heavy (non-hydrogen) atoms. The second kappa shape index (κ2) is 14.2. The van der Waals surface area contributed by atoms with Gasteiger partial charge in [-0.3, -0.25) is 9.59 Å². The summed E-state index contributed by atoms with van der Waals surface area (Å²) in [6.07, 6.45) is 6.74. The smallest absolute Gasteiger partial charge is 0.315 e. The first kappa shape index (κ1) is 32.7. The molecule has 2 aromatic carbocycles. The molecule has 0 aliphatic rings. The fourth-order valence-corrected chi connectivity index (χ4v) is 5.63. The summed E-state index contributed by atoms with van der Waals surface area (Å²) in [5.41, 5.74) is 1.65. The summed E-state index contributed by atoms with van der Waals surface area (Å²) in [6, 6.07) is 12.9. The molecule has 0 saturated carbocycles. The zero-order valence-electron chi connectivity index (χ0n) is 26.3. The van der Waals surface area contributed by atoms with Crippen LogP contribution in [0.1, 0.15) is 28.0 Å². The van der Waals surface area contributed by atoms with Crippen molar-refractivity contribution in [3.05, 3.63) is 102 Å². The molecule has 0 aliphatic carbocycles. The second-order valence-corrected chi connectivity index (χ2v) is 17.9. The van der Waals surface area contributed by atoms with Crippen LogP contribution in [0.5, 0.6) is 17.2 Å². The van der Waals surface area contributed by atoms with Gasteiger partial charge in [0, 0.05) is 58.0 Å². The van der Waals surface area contributed by atoms with Crippen LogP contribution in [-0.2, 0) is 36.2 Å². The Bertz CT molecular complexity index is 1830. The summed E-state index contributed by atoms with van der Waals surface area (Å²) in [5.74, 6) is -3.16. The quantitative estimate of drug-likeness (QED) is 0.0417. The van der Waals surface area contributed by atoms with E-state index in [0.717, 1.165) is 23.9 Å². The first-order valence-electron chi connectivity index (χ1n) is 14.9. The molecule has 0 N–H and O–H groups in total. The lowest BCUT2D eigenvalue weighted by Gasteiger charge is -2.15.